The number of rotatable bonds is 4. The molecule has 3 fully saturated rings. The first kappa shape index (κ1) is 14.3. The Morgan fingerprint density at radius 2 is 2.14 bits per heavy atom. The molecule has 0 N–H and O–H groups in total. The van der Waals surface area contributed by atoms with E-state index in [4.69, 9.17) is 16.3 Å². The van der Waals surface area contributed by atoms with Crippen LogP contribution in [-0.2, 0) is 11.2 Å². The number of carbonyl (C=O) groups excluding carboxylic acids is 1. The van der Waals surface area contributed by atoms with E-state index < -0.39 is 0 Å². The molecule has 1 aromatic rings. The fourth-order valence-electron chi connectivity index (χ4n) is 3.78. The average molecular weight is 321 g/mol. The number of benzene rings is 1. The number of hydrogen-bond acceptors (Lipinski definition) is 3. The van der Waals surface area contributed by atoms with Crippen molar-refractivity contribution in [3.05, 3.63) is 34.9 Å². The number of amides is 1. The first-order chi connectivity index (χ1) is 10.7. The number of halogens is 1. The van der Waals surface area contributed by atoms with E-state index in [0.29, 0.717) is 6.54 Å². The number of carbonyl (C=O) groups is 1. The van der Waals surface area contributed by atoms with Crippen molar-refractivity contribution in [2.75, 3.05) is 19.6 Å². The summed E-state index contributed by atoms with van der Waals surface area (Å²) in [5.74, 6) is 0. The van der Waals surface area contributed by atoms with E-state index >= 15 is 0 Å². The lowest BCUT2D eigenvalue weighted by Crippen LogP contribution is -2.43. The minimum Gasteiger partial charge on any atom is -0.442 e. The summed E-state index contributed by atoms with van der Waals surface area (Å²) < 4.78 is 5.58. The largest absolute Gasteiger partial charge is 0.442 e. The summed E-state index contributed by atoms with van der Waals surface area (Å²) in [4.78, 5) is 16.5. The number of ether oxygens (including phenoxy) is 1. The molecule has 0 radical (unpaired) electrons. The van der Waals surface area contributed by atoms with Crippen LogP contribution in [0.2, 0.25) is 5.02 Å². The van der Waals surface area contributed by atoms with E-state index in [9.17, 15) is 4.79 Å². The third kappa shape index (κ3) is 2.59. The predicted molar refractivity (Wildman–Crippen MR) is 85.1 cm³/mol. The molecule has 1 aliphatic carbocycles. The van der Waals surface area contributed by atoms with Gasteiger partial charge >= 0.3 is 6.09 Å². The Bertz CT molecular complexity index is 576. The van der Waals surface area contributed by atoms with E-state index in [0.717, 1.165) is 36.1 Å². The van der Waals surface area contributed by atoms with Crippen molar-refractivity contribution in [2.45, 2.75) is 43.9 Å². The maximum atomic E-state index is 12.1. The van der Waals surface area contributed by atoms with Gasteiger partial charge in [-0.2, -0.15) is 0 Å². The van der Waals surface area contributed by atoms with Gasteiger partial charge in [-0.05, 0) is 37.0 Å². The topological polar surface area (TPSA) is 32.8 Å². The molecular formula is C17H21ClN2O2. The molecule has 1 aromatic carbocycles. The van der Waals surface area contributed by atoms with Gasteiger partial charge in [0.25, 0.3) is 0 Å². The van der Waals surface area contributed by atoms with Crippen LogP contribution in [0.15, 0.2) is 24.3 Å². The van der Waals surface area contributed by atoms with E-state index in [1.165, 1.54) is 19.3 Å². The summed E-state index contributed by atoms with van der Waals surface area (Å²) in [6.07, 6.45) is 4.68. The maximum absolute atomic E-state index is 12.1. The fourth-order valence-corrected chi connectivity index (χ4v) is 3.99. The second-order valence-corrected chi connectivity index (χ2v) is 7.04. The molecule has 5 heteroatoms. The summed E-state index contributed by atoms with van der Waals surface area (Å²) in [7, 11) is 0. The molecule has 3 aliphatic rings. The average Bonchev–Trinajstić information content (AvgIpc) is 2.92. The molecule has 4 rings (SSSR count). The quantitative estimate of drug-likeness (QED) is 0.855. The Hall–Kier alpha value is -1.26. The zero-order valence-corrected chi connectivity index (χ0v) is 13.3. The molecule has 1 saturated carbocycles. The van der Waals surface area contributed by atoms with Crippen LogP contribution in [0, 0.1) is 0 Å². The molecule has 118 valence electrons. The zero-order valence-electron chi connectivity index (χ0n) is 12.6. The van der Waals surface area contributed by atoms with Crippen molar-refractivity contribution in [3.63, 3.8) is 0 Å². The van der Waals surface area contributed by atoms with E-state index in [-0.39, 0.29) is 18.2 Å². The highest BCUT2D eigenvalue weighted by atomic mass is 35.5. The molecule has 22 heavy (non-hydrogen) atoms. The van der Waals surface area contributed by atoms with Crippen LogP contribution in [0.5, 0.6) is 0 Å². The van der Waals surface area contributed by atoms with Gasteiger partial charge in [0.2, 0.25) is 0 Å². The van der Waals surface area contributed by atoms with Crippen LogP contribution in [0.1, 0.15) is 24.8 Å². The Morgan fingerprint density at radius 1 is 1.27 bits per heavy atom. The highest BCUT2D eigenvalue weighted by Gasteiger charge is 2.49. The number of hydrogen-bond donors (Lipinski definition) is 0. The van der Waals surface area contributed by atoms with Gasteiger partial charge in [0.1, 0.15) is 6.10 Å². The summed E-state index contributed by atoms with van der Waals surface area (Å²) in [6, 6.07) is 8.80. The lowest BCUT2D eigenvalue weighted by molar-refractivity contribution is 0.0944. The molecule has 4 nitrogen and oxygen atoms in total. The Balaban J connectivity index is 1.39. The van der Waals surface area contributed by atoms with Crippen LogP contribution in [0.25, 0.3) is 0 Å². The first-order valence-corrected chi connectivity index (χ1v) is 8.54. The van der Waals surface area contributed by atoms with Gasteiger partial charge in [0.15, 0.2) is 0 Å². The monoisotopic (exact) mass is 320 g/mol. The SMILES string of the molecule is O=C1O[C@@H]2CN(C3CCC3)C[C@@H]2N1CCc1cccc(Cl)c1. The second kappa shape index (κ2) is 5.74. The third-order valence-corrected chi connectivity index (χ3v) is 5.51. The van der Waals surface area contributed by atoms with Crippen molar-refractivity contribution in [1.82, 2.24) is 9.80 Å². The summed E-state index contributed by atoms with van der Waals surface area (Å²) in [5, 5.41) is 0.747. The van der Waals surface area contributed by atoms with Gasteiger partial charge in [-0.25, -0.2) is 4.79 Å². The number of likely N-dealkylation sites (tertiary alicyclic amines) is 1. The molecule has 0 aromatic heterocycles. The van der Waals surface area contributed by atoms with Gasteiger partial charge < -0.3 is 4.74 Å². The van der Waals surface area contributed by atoms with Crippen molar-refractivity contribution in [2.24, 2.45) is 0 Å². The molecular weight excluding hydrogens is 300 g/mol. The zero-order chi connectivity index (χ0) is 15.1. The van der Waals surface area contributed by atoms with Crippen LogP contribution in [0.3, 0.4) is 0 Å². The smallest absolute Gasteiger partial charge is 0.410 e. The highest BCUT2D eigenvalue weighted by Crippen LogP contribution is 2.33. The van der Waals surface area contributed by atoms with Crippen molar-refractivity contribution in [3.8, 4) is 0 Å². The Labute approximate surface area is 136 Å². The highest BCUT2D eigenvalue weighted by molar-refractivity contribution is 6.30. The van der Waals surface area contributed by atoms with E-state index in [2.05, 4.69) is 11.0 Å². The fraction of sp³-hybridized carbons (Fsp3) is 0.588. The minimum atomic E-state index is -0.148. The summed E-state index contributed by atoms with van der Waals surface area (Å²) in [6.45, 7) is 2.59. The lowest BCUT2D eigenvalue weighted by Gasteiger charge is -2.35. The molecule has 0 spiro atoms. The van der Waals surface area contributed by atoms with Gasteiger partial charge in [-0.3, -0.25) is 9.80 Å². The van der Waals surface area contributed by atoms with Crippen molar-refractivity contribution < 1.29 is 9.53 Å². The molecule has 2 atom stereocenters. The second-order valence-electron chi connectivity index (χ2n) is 6.60. The van der Waals surface area contributed by atoms with Crippen molar-refractivity contribution >= 4 is 17.7 Å². The molecule has 1 amide bonds. The maximum Gasteiger partial charge on any atom is 0.410 e. The van der Waals surface area contributed by atoms with Crippen LogP contribution < -0.4 is 0 Å². The van der Waals surface area contributed by atoms with E-state index in [1.807, 2.05) is 23.1 Å². The molecule has 2 heterocycles. The number of nitrogens with zero attached hydrogens (tertiary/aromatic N) is 2. The number of fused-ring (bicyclic) bond motifs is 1. The van der Waals surface area contributed by atoms with Gasteiger partial charge in [-0.1, -0.05) is 30.2 Å². The van der Waals surface area contributed by atoms with Crippen LogP contribution in [0.4, 0.5) is 4.79 Å². The summed E-state index contributed by atoms with van der Waals surface area (Å²) in [5.41, 5.74) is 1.16. The van der Waals surface area contributed by atoms with Crippen molar-refractivity contribution in [1.29, 1.82) is 0 Å². The molecule has 2 saturated heterocycles. The minimum absolute atomic E-state index is 0.0625. The summed E-state index contributed by atoms with van der Waals surface area (Å²) >= 11 is 6.02. The van der Waals surface area contributed by atoms with Gasteiger partial charge in [0.05, 0.1) is 6.04 Å². The lowest BCUT2D eigenvalue weighted by atomic mass is 9.92. The van der Waals surface area contributed by atoms with E-state index in [1.54, 1.807) is 0 Å². The normalized spacial score (nSPS) is 28.6. The predicted octanol–water partition coefficient (Wildman–Crippen LogP) is 2.94. The van der Waals surface area contributed by atoms with Crippen LogP contribution >= 0.6 is 11.6 Å². The van der Waals surface area contributed by atoms with Gasteiger partial charge in [-0.15, -0.1) is 0 Å². The Morgan fingerprint density at radius 3 is 2.86 bits per heavy atom. The molecule has 0 bridgehead atoms. The Kier molecular flexibility index (Phi) is 3.74. The third-order valence-electron chi connectivity index (χ3n) is 5.27. The molecule has 0 unspecified atom stereocenters. The van der Waals surface area contributed by atoms with Crippen LogP contribution in [-0.4, -0.2) is 53.7 Å². The standard InChI is InChI=1S/C17H21ClN2O2/c18-13-4-1-3-12(9-13)7-8-20-15-10-19(14-5-2-6-14)11-16(15)22-17(20)21/h1,3-4,9,14-16H,2,5-8,10-11H2/t15-,16+/m0/s1. The van der Waals surface area contributed by atoms with Gasteiger partial charge in [0, 0.05) is 30.7 Å². The molecule has 2 aliphatic heterocycles. The first-order valence-electron chi connectivity index (χ1n) is 8.16.